The van der Waals surface area contributed by atoms with E-state index in [2.05, 4.69) is 23.0 Å². The first-order valence-corrected chi connectivity index (χ1v) is 6.18. The van der Waals surface area contributed by atoms with Crippen molar-refractivity contribution in [2.45, 2.75) is 13.3 Å². The van der Waals surface area contributed by atoms with Gasteiger partial charge in [-0.2, -0.15) is 0 Å². The van der Waals surface area contributed by atoms with Gasteiger partial charge in [-0.15, -0.1) is 0 Å². The molecule has 1 aromatic heterocycles. The van der Waals surface area contributed by atoms with Crippen LogP contribution in [0.25, 0.3) is 22.4 Å². The van der Waals surface area contributed by atoms with Gasteiger partial charge >= 0.3 is 0 Å². The Bertz CT molecular complexity index is 747. The molecule has 0 atom stereocenters. The molecule has 0 spiro atoms. The van der Waals surface area contributed by atoms with Gasteiger partial charge in [-0.3, -0.25) is 0 Å². The van der Waals surface area contributed by atoms with Crippen molar-refractivity contribution in [1.29, 1.82) is 0 Å². The van der Waals surface area contributed by atoms with Crippen molar-refractivity contribution < 1.29 is 10.2 Å². The molecule has 0 unspecified atom stereocenters. The fraction of sp³-hybridized carbons (Fsp3) is 0.133. The van der Waals surface area contributed by atoms with Gasteiger partial charge in [0.25, 0.3) is 0 Å². The minimum atomic E-state index is 0.00905. The van der Waals surface area contributed by atoms with Crippen LogP contribution in [-0.4, -0.2) is 20.2 Å². The summed E-state index contributed by atoms with van der Waals surface area (Å²) >= 11 is 0. The highest BCUT2D eigenvalue weighted by Crippen LogP contribution is 2.31. The first-order valence-electron chi connectivity index (χ1n) is 6.18. The molecule has 1 heterocycles. The lowest BCUT2D eigenvalue weighted by Gasteiger charge is -2.01. The van der Waals surface area contributed by atoms with Gasteiger partial charge in [-0.25, -0.2) is 4.98 Å². The average Bonchev–Trinajstić information content (AvgIpc) is 2.80. The third kappa shape index (κ3) is 2.01. The van der Waals surface area contributed by atoms with Crippen LogP contribution in [0.1, 0.15) is 12.5 Å². The summed E-state index contributed by atoms with van der Waals surface area (Å²) in [5.74, 6) is 0.640. The molecule has 0 radical (unpaired) electrons. The third-order valence-electron chi connectivity index (χ3n) is 3.19. The summed E-state index contributed by atoms with van der Waals surface area (Å²) in [6.45, 7) is 2.10. The maximum Gasteiger partial charge on any atom is 0.142 e. The quantitative estimate of drug-likeness (QED) is 0.657. The summed E-state index contributed by atoms with van der Waals surface area (Å²) in [4.78, 5) is 7.65. The number of aromatic hydroxyl groups is 2. The number of hydrogen-bond donors (Lipinski definition) is 3. The van der Waals surface area contributed by atoms with Crippen LogP contribution in [0, 0.1) is 0 Å². The second-order valence-corrected chi connectivity index (χ2v) is 4.49. The van der Waals surface area contributed by atoms with E-state index in [1.165, 1.54) is 17.7 Å². The molecule has 3 rings (SSSR count). The number of phenolic OH excluding ortho intramolecular Hbond substituents is 2. The Kier molecular flexibility index (Phi) is 2.63. The second kappa shape index (κ2) is 4.31. The zero-order valence-electron chi connectivity index (χ0n) is 10.5. The number of rotatable bonds is 2. The van der Waals surface area contributed by atoms with Gasteiger partial charge in [-0.05, 0) is 36.2 Å². The average molecular weight is 254 g/mol. The molecule has 0 saturated heterocycles. The van der Waals surface area contributed by atoms with E-state index >= 15 is 0 Å². The van der Waals surface area contributed by atoms with E-state index in [1.807, 2.05) is 12.1 Å². The SMILES string of the molecule is CCc1ccc2nc(-c3ccc(O)cc3O)[nH]c2c1. The largest absolute Gasteiger partial charge is 0.508 e. The number of H-pyrrole nitrogens is 1. The van der Waals surface area contributed by atoms with Gasteiger partial charge < -0.3 is 15.2 Å². The van der Waals surface area contributed by atoms with Crippen molar-refractivity contribution in [3.63, 3.8) is 0 Å². The van der Waals surface area contributed by atoms with E-state index in [4.69, 9.17) is 0 Å². The highest BCUT2D eigenvalue weighted by molar-refractivity contribution is 5.81. The van der Waals surface area contributed by atoms with Gasteiger partial charge in [0.15, 0.2) is 0 Å². The second-order valence-electron chi connectivity index (χ2n) is 4.49. The molecule has 4 nitrogen and oxygen atoms in total. The van der Waals surface area contributed by atoms with Crippen molar-refractivity contribution in [3.05, 3.63) is 42.0 Å². The van der Waals surface area contributed by atoms with Gasteiger partial charge in [-0.1, -0.05) is 13.0 Å². The minimum Gasteiger partial charge on any atom is -0.508 e. The topological polar surface area (TPSA) is 69.1 Å². The van der Waals surface area contributed by atoms with Crippen LogP contribution in [0.5, 0.6) is 11.5 Å². The molecule has 0 fully saturated rings. The van der Waals surface area contributed by atoms with Crippen molar-refractivity contribution in [2.75, 3.05) is 0 Å². The summed E-state index contributed by atoms with van der Waals surface area (Å²) in [6, 6.07) is 10.5. The van der Waals surface area contributed by atoms with E-state index in [1.54, 1.807) is 6.07 Å². The lowest BCUT2D eigenvalue weighted by Crippen LogP contribution is -1.81. The monoisotopic (exact) mass is 254 g/mol. The van der Waals surface area contributed by atoms with Gasteiger partial charge in [0.05, 0.1) is 16.6 Å². The van der Waals surface area contributed by atoms with Crippen LogP contribution in [0.4, 0.5) is 0 Å². The number of aryl methyl sites for hydroxylation is 1. The van der Waals surface area contributed by atoms with Crippen LogP contribution in [-0.2, 0) is 6.42 Å². The van der Waals surface area contributed by atoms with Crippen molar-refractivity contribution in [2.24, 2.45) is 0 Å². The standard InChI is InChI=1S/C15H14N2O2/c1-2-9-3-6-12-13(7-9)17-15(16-12)11-5-4-10(18)8-14(11)19/h3-8,18-19H,2H2,1H3,(H,16,17). The smallest absolute Gasteiger partial charge is 0.142 e. The highest BCUT2D eigenvalue weighted by atomic mass is 16.3. The number of phenols is 2. The Morgan fingerprint density at radius 1 is 1.11 bits per heavy atom. The summed E-state index contributed by atoms with van der Waals surface area (Å²) in [6.07, 6.45) is 0.967. The minimum absolute atomic E-state index is 0.00905. The summed E-state index contributed by atoms with van der Waals surface area (Å²) in [7, 11) is 0. The molecule has 0 bridgehead atoms. The molecule has 0 aliphatic rings. The number of nitrogens with zero attached hydrogens (tertiary/aromatic N) is 1. The van der Waals surface area contributed by atoms with Crippen molar-refractivity contribution in [1.82, 2.24) is 9.97 Å². The molecule has 4 heteroatoms. The molecule has 3 N–H and O–H groups in total. The van der Waals surface area contributed by atoms with Crippen LogP contribution in [0.15, 0.2) is 36.4 Å². The number of aromatic nitrogens is 2. The number of fused-ring (bicyclic) bond motifs is 1. The van der Waals surface area contributed by atoms with Gasteiger partial charge in [0.2, 0.25) is 0 Å². The number of benzene rings is 2. The maximum absolute atomic E-state index is 9.85. The molecular weight excluding hydrogens is 240 g/mol. The zero-order chi connectivity index (χ0) is 13.4. The number of nitrogens with one attached hydrogen (secondary N) is 1. The molecule has 2 aromatic carbocycles. The Balaban J connectivity index is 2.14. The van der Waals surface area contributed by atoms with Gasteiger partial charge in [0, 0.05) is 6.07 Å². The van der Waals surface area contributed by atoms with Crippen molar-refractivity contribution in [3.8, 4) is 22.9 Å². The Labute approximate surface area is 110 Å². The van der Waals surface area contributed by atoms with E-state index < -0.39 is 0 Å². The number of aromatic amines is 1. The molecule has 96 valence electrons. The number of imidazole rings is 1. The van der Waals surface area contributed by atoms with Crippen LogP contribution < -0.4 is 0 Å². The van der Waals surface area contributed by atoms with E-state index in [9.17, 15) is 10.2 Å². The lowest BCUT2D eigenvalue weighted by molar-refractivity contribution is 0.451. The lowest BCUT2D eigenvalue weighted by atomic mass is 10.1. The molecule has 0 aliphatic heterocycles. The molecule has 3 aromatic rings. The fourth-order valence-corrected chi connectivity index (χ4v) is 2.12. The van der Waals surface area contributed by atoms with Crippen LogP contribution in [0.3, 0.4) is 0 Å². The summed E-state index contributed by atoms with van der Waals surface area (Å²) in [5, 5.41) is 19.2. The fourth-order valence-electron chi connectivity index (χ4n) is 2.12. The van der Waals surface area contributed by atoms with E-state index in [0.717, 1.165) is 17.5 Å². The first-order chi connectivity index (χ1) is 9.17. The Morgan fingerprint density at radius 3 is 2.68 bits per heavy atom. The molecular formula is C15H14N2O2. The Morgan fingerprint density at radius 2 is 1.95 bits per heavy atom. The number of hydrogen-bond acceptors (Lipinski definition) is 3. The van der Waals surface area contributed by atoms with Gasteiger partial charge in [0.1, 0.15) is 17.3 Å². The molecule has 19 heavy (non-hydrogen) atoms. The molecule has 0 amide bonds. The van der Waals surface area contributed by atoms with E-state index in [0.29, 0.717) is 11.4 Å². The normalized spacial score (nSPS) is 11.0. The zero-order valence-corrected chi connectivity index (χ0v) is 10.5. The summed E-state index contributed by atoms with van der Waals surface area (Å²) < 4.78 is 0. The molecule has 0 aliphatic carbocycles. The Hall–Kier alpha value is -2.49. The maximum atomic E-state index is 9.85. The van der Waals surface area contributed by atoms with Crippen LogP contribution in [0.2, 0.25) is 0 Å². The summed E-state index contributed by atoms with van der Waals surface area (Å²) in [5.41, 5.74) is 3.62. The van der Waals surface area contributed by atoms with E-state index in [-0.39, 0.29) is 11.5 Å². The molecule has 0 saturated carbocycles. The highest BCUT2D eigenvalue weighted by Gasteiger charge is 2.10. The first kappa shape index (κ1) is 11.6. The van der Waals surface area contributed by atoms with Crippen molar-refractivity contribution >= 4 is 11.0 Å². The third-order valence-corrected chi connectivity index (χ3v) is 3.19. The predicted molar refractivity (Wildman–Crippen MR) is 74.2 cm³/mol. The van der Waals surface area contributed by atoms with Crippen LogP contribution >= 0.6 is 0 Å². The predicted octanol–water partition coefficient (Wildman–Crippen LogP) is 3.20.